The van der Waals surface area contributed by atoms with Gasteiger partial charge in [0, 0.05) is 25.1 Å². The molecular formula is C14H23ClFN3. The van der Waals surface area contributed by atoms with Crippen LogP contribution in [0.3, 0.4) is 0 Å². The van der Waals surface area contributed by atoms with Crippen LogP contribution < -0.4 is 5.32 Å². The third-order valence-corrected chi connectivity index (χ3v) is 4.37. The molecule has 1 aromatic heterocycles. The van der Waals surface area contributed by atoms with Gasteiger partial charge in [0.15, 0.2) is 0 Å². The summed E-state index contributed by atoms with van der Waals surface area (Å²) in [6.07, 6.45) is 4.34. The summed E-state index contributed by atoms with van der Waals surface area (Å²) in [5.74, 6) is 0. The zero-order valence-corrected chi connectivity index (χ0v) is 12.7. The lowest BCUT2D eigenvalue weighted by molar-refractivity contribution is 0.145. The molecule has 1 saturated heterocycles. The van der Waals surface area contributed by atoms with Crippen LogP contribution in [0.4, 0.5) is 4.39 Å². The summed E-state index contributed by atoms with van der Waals surface area (Å²) in [6, 6.07) is 0.291. The first kappa shape index (κ1) is 14.8. The Morgan fingerprint density at radius 3 is 2.79 bits per heavy atom. The van der Waals surface area contributed by atoms with E-state index in [9.17, 15) is 4.39 Å². The van der Waals surface area contributed by atoms with Gasteiger partial charge in [0.25, 0.3) is 0 Å². The minimum Gasteiger partial charge on any atom is -0.314 e. The number of hydrogen-bond acceptors (Lipinski definition) is 2. The molecule has 108 valence electrons. The number of aromatic nitrogens is 2. The summed E-state index contributed by atoms with van der Waals surface area (Å²) in [7, 11) is 1.79. The molecule has 0 spiro atoms. The van der Waals surface area contributed by atoms with Crippen LogP contribution in [0.25, 0.3) is 0 Å². The van der Waals surface area contributed by atoms with Crippen molar-refractivity contribution in [2.75, 3.05) is 6.54 Å². The molecule has 0 aliphatic carbocycles. The van der Waals surface area contributed by atoms with Gasteiger partial charge in [-0.15, -0.1) is 0 Å². The predicted molar refractivity (Wildman–Crippen MR) is 76.4 cm³/mol. The van der Waals surface area contributed by atoms with Gasteiger partial charge >= 0.3 is 0 Å². The number of hydrogen-bond donors (Lipinski definition) is 1. The van der Waals surface area contributed by atoms with Gasteiger partial charge in [0.2, 0.25) is 0 Å². The lowest BCUT2D eigenvalue weighted by atomic mass is 9.88. The highest BCUT2D eigenvalue weighted by Gasteiger charge is 2.31. The second kappa shape index (κ2) is 5.80. The van der Waals surface area contributed by atoms with Crippen LogP contribution in [0.1, 0.15) is 43.9 Å². The number of halogens is 2. The maximum atomic E-state index is 14.8. The zero-order chi connectivity index (χ0) is 14.0. The molecule has 0 saturated carbocycles. The molecule has 19 heavy (non-hydrogen) atoms. The number of nitrogens with zero attached hydrogens (tertiary/aromatic N) is 2. The van der Waals surface area contributed by atoms with Crippen molar-refractivity contribution < 1.29 is 4.39 Å². The lowest BCUT2D eigenvalue weighted by Crippen LogP contribution is -2.40. The monoisotopic (exact) mass is 287 g/mol. The molecule has 1 N–H and O–H groups in total. The first-order valence-corrected chi connectivity index (χ1v) is 7.37. The molecule has 0 radical (unpaired) electrons. The Morgan fingerprint density at radius 2 is 2.26 bits per heavy atom. The molecule has 1 fully saturated rings. The van der Waals surface area contributed by atoms with E-state index in [-0.39, 0.29) is 0 Å². The van der Waals surface area contributed by atoms with Crippen molar-refractivity contribution >= 4 is 11.6 Å². The van der Waals surface area contributed by atoms with E-state index in [0.29, 0.717) is 24.0 Å². The summed E-state index contributed by atoms with van der Waals surface area (Å²) < 4.78 is 16.4. The van der Waals surface area contributed by atoms with Crippen molar-refractivity contribution in [1.29, 1.82) is 0 Å². The fraction of sp³-hybridized carbons (Fsp3) is 0.786. The molecule has 2 unspecified atom stereocenters. The van der Waals surface area contributed by atoms with E-state index >= 15 is 0 Å². The van der Waals surface area contributed by atoms with Crippen molar-refractivity contribution in [2.24, 2.45) is 7.05 Å². The number of aryl methyl sites for hydroxylation is 2. The standard InChI is InChI=1S/C14H23ClFN3/c1-10-12(13(15)19(3)18-10)9-14(2,16)8-11-6-4-5-7-17-11/h11,17H,4-9H2,1-3H3. The molecule has 2 rings (SSSR count). The molecule has 0 bridgehead atoms. The predicted octanol–water partition coefficient (Wildman–Crippen LogP) is 3.18. The van der Waals surface area contributed by atoms with Crippen LogP contribution in [0.15, 0.2) is 0 Å². The number of nitrogens with one attached hydrogen (secondary N) is 1. The molecule has 0 amide bonds. The highest BCUT2D eigenvalue weighted by Crippen LogP contribution is 2.30. The highest BCUT2D eigenvalue weighted by molar-refractivity contribution is 6.30. The van der Waals surface area contributed by atoms with Crippen molar-refractivity contribution in [2.45, 2.75) is 57.7 Å². The maximum absolute atomic E-state index is 14.8. The quantitative estimate of drug-likeness (QED) is 0.922. The average Bonchev–Trinajstić information content (AvgIpc) is 2.56. The minimum atomic E-state index is -1.24. The molecular weight excluding hydrogens is 265 g/mol. The number of piperidine rings is 1. The molecule has 5 heteroatoms. The van der Waals surface area contributed by atoms with E-state index < -0.39 is 5.67 Å². The van der Waals surface area contributed by atoms with Gasteiger partial charge in [-0.1, -0.05) is 18.0 Å². The summed E-state index contributed by atoms with van der Waals surface area (Å²) in [5.41, 5.74) is 0.421. The maximum Gasteiger partial charge on any atom is 0.130 e. The van der Waals surface area contributed by atoms with Crippen molar-refractivity contribution in [3.8, 4) is 0 Å². The SMILES string of the molecule is Cc1nn(C)c(Cl)c1CC(C)(F)CC1CCCCN1. The third kappa shape index (κ3) is 3.69. The second-order valence-corrected chi connectivity index (χ2v) is 6.28. The van der Waals surface area contributed by atoms with E-state index in [4.69, 9.17) is 11.6 Å². The minimum absolute atomic E-state index is 0.291. The molecule has 2 heterocycles. The van der Waals surface area contributed by atoms with Gasteiger partial charge < -0.3 is 5.32 Å². The average molecular weight is 288 g/mol. The largest absolute Gasteiger partial charge is 0.314 e. The third-order valence-electron chi connectivity index (χ3n) is 3.90. The Morgan fingerprint density at radius 1 is 1.53 bits per heavy atom. The first-order valence-electron chi connectivity index (χ1n) is 6.99. The molecule has 3 nitrogen and oxygen atoms in total. The zero-order valence-electron chi connectivity index (χ0n) is 12.0. The van der Waals surface area contributed by atoms with Gasteiger partial charge in [0.1, 0.15) is 10.8 Å². The fourth-order valence-corrected chi connectivity index (χ4v) is 3.17. The molecule has 1 aliphatic heterocycles. The van der Waals surface area contributed by atoms with Crippen molar-refractivity contribution in [3.05, 3.63) is 16.4 Å². The number of rotatable bonds is 4. The van der Waals surface area contributed by atoms with Gasteiger partial charge in [-0.2, -0.15) is 5.10 Å². The Labute approximate surface area is 119 Å². The van der Waals surface area contributed by atoms with Gasteiger partial charge in [-0.3, -0.25) is 4.68 Å². The molecule has 1 aliphatic rings. The summed E-state index contributed by atoms with van der Waals surface area (Å²) in [4.78, 5) is 0. The highest BCUT2D eigenvalue weighted by atomic mass is 35.5. The van der Waals surface area contributed by atoms with E-state index in [0.717, 1.165) is 24.2 Å². The Bertz CT molecular complexity index is 436. The molecule has 0 aromatic carbocycles. The summed E-state index contributed by atoms with van der Waals surface area (Å²) in [6.45, 7) is 4.57. The van der Waals surface area contributed by atoms with E-state index in [1.54, 1.807) is 18.7 Å². The summed E-state index contributed by atoms with van der Waals surface area (Å²) >= 11 is 6.18. The molecule has 2 atom stereocenters. The molecule has 1 aromatic rings. The van der Waals surface area contributed by atoms with Crippen LogP contribution in [0, 0.1) is 6.92 Å². The Balaban J connectivity index is 2.03. The lowest BCUT2D eigenvalue weighted by Gasteiger charge is -2.30. The Hall–Kier alpha value is -0.610. The first-order chi connectivity index (χ1) is 8.89. The smallest absolute Gasteiger partial charge is 0.130 e. The van der Waals surface area contributed by atoms with Gasteiger partial charge in [-0.05, 0) is 39.7 Å². The number of alkyl halides is 1. The summed E-state index contributed by atoms with van der Waals surface area (Å²) in [5, 5.41) is 8.20. The normalized spacial score (nSPS) is 23.3. The van der Waals surface area contributed by atoms with E-state index in [2.05, 4.69) is 10.4 Å². The second-order valence-electron chi connectivity index (χ2n) is 5.92. The van der Waals surface area contributed by atoms with Crippen LogP contribution >= 0.6 is 11.6 Å². The van der Waals surface area contributed by atoms with Gasteiger partial charge in [-0.25, -0.2) is 4.39 Å². The van der Waals surface area contributed by atoms with Crippen LogP contribution in [0.2, 0.25) is 5.15 Å². The van der Waals surface area contributed by atoms with Crippen molar-refractivity contribution in [3.63, 3.8) is 0 Å². The van der Waals surface area contributed by atoms with Crippen molar-refractivity contribution in [1.82, 2.24) is 15.1 Å². The van der Waals surface area contributed by atoms with Crippen LogP contribution in [0.5, 0.6) is 0 Å². The van der Waals surface area contributed by atoms with E-state index in [1.165, 1.54) is 12.8 Å². The van der Waals surface area contributed by atoms with E-state index in [1.807, 2.05) is 6.92 Å². The fourth-order valence-electron chi connectivity index (χ4n) is 2.93. The van der Waals surface area contributed by atoms with Crippen LogP contribution in [-0.4, -0.2) is 28.0 Å². The van der Waals surface area contributed by atoms with Gasteiger partial charge in [0.05, 0.1) is 5.69 Å². The Kier molecular flexibility index (Phi) is 4.51. The topological polar surface area (TPSA) is 29.9 Å². The van der Waals surface area contributed by atoms with Crippen LogP contribution in [-0.2, 0) is 13.5 Å².